The highest BCUT2D eigenvalue weighted by Crippen LogP contribution is 2.18. The van der Waals surface area contributed by atoms with Crippen molar-refractivity contribution in [1.29, 1.82) is 0 Å². The van der Waals surface area contributed by atoms with Gasteiger partial charge in [0.25, 0.3) is 0 Å². The van der Waals surface area contributed by atoms with Gasteiger partial charge in [0.1, 0.15) is 0 Å². The van der Waals surface area contributed by atoms with Crippen LogP contribution in [-0.4, -0.2) is 32.3 Å². The lowest BCUT2D eigenvalue weighted by Gasteiger charge is -2.12. The van der Waals surface area contributed by atoms with Gasteiger partial charge in [-0.2, -0.15) is 8.42 Å². The summed E-state index contributed by atoms with van der Waals surface area (Å²) in [6, 6.07) is 0. The van der Waals surface area contributed by atoms with E-state index in [1.54, 1.807) is 13.8 Å². The first kappa shape index (κ1) is 13.1. The zero-order valence-corrected chi connectivity index (χ0v) is 10.3. The Bertz CT molecular complexity index is 398. The first-order valence-electron chi connectivity index (χ1n) is 5.08. The molecule has 6 nitrogen and oxygen atoms in total. The largest absolute Gasteiger partial charge is 0.461 e. The van der Waals surface area contributed by atoms with Crippen LogP contribution in [0.1, 0.15) is 33.6 Å². The fraction of sp³-hybridized carbons (Fsp3) is 0.778. The minimum atomic E-state index is -3.96. The van der Waals surface area contributed by atoms with Crippen LogP contribution in [0.5, 0.6) is 0 Å². The molecule has 0 saturated heterocycles. The molecule has 0 radical (unpaired) electrons. The van der Waals surface area contributed by atoms with Gasteiger partial charge in [-0.15, -0.1) is 4.40 Å². The van der Waals surface area contributed by atoms with E-state index in [9.17, 15) is 13.2 Å². The van der Waals surface area contributed by atoms with Gasteiger partial charge < -0.3 is 4.74 Å². The van der Waals surface area contributed by atoms with Crippen LogP contribution in [0.25, 0.3) is 0 Å². The van der Waals surface area contributed by atoms with E-state index in [2.05, 4.69) is 8.58 Å². The molecule has 7 heteroatoms. The van der Waals surface area contributed by atoms with Crippen LogP contribution in [0.2, 0.25) is 0 Å². The van der Waals surface area contributed by atoms with Crippen molar-refractivity contribution in [2.75, 3.05) is 0 Å². The second-order valence-electron chi connectivity index (χ2n) is 3.72. The van der Waals surface area contributed by atoms with E-state index in [4.69, 9.17) is 4.74 Å². The van der Waals surface area contributed by atoms with E-state index >= 15 is 0 Å². The summed E-state index contributed by atoms with van der Waals surface area (Å²) in [5.41, 5.74) is 0.216. The number of hydrogen-bond donors (Lipinski definition) is 0. The summed E-state index contributed by atoms with van der Waals surface area (Å²) in [6.45, 7) is 5.22. The molecule has 0 spiro atoms. The molecular weight excluding hydrogens is 234 g/mol. The average molecular weight is 249 g/mol. The summed E-state index contributed by atoms with van der Waals surface area (Å²) in [5, 5.41) is 0. The molecule has 0 aromatic carbocycles. The molecule has 0 aromatic heterocycles. The number of carbonyl (C=O) groups is 1. The maximum Gasteiger partial charge on any atom is 0.382 e. The van der Waals surface area contributed by atoms with Crippen molar-refractivity contribution in [3.63, 3.8) is 0 Å². The zero-order valence-electron chi connectivity index (χ0n) is 9.47. The first-order valence-corrected chi connectivity index (χ1v) is 6.44. The monoisotopic (exact) mass is 249 g/mol. The van der Waals surface area contributed by atoms with Gasteiger partial charge >= 0.3 is 16.3 Å². The molecule has 1 rings (SSSR count). The molecule has 1 aliphatic rings. The van der Waals surface area contributed by atoms with Crippen LogP contribution in [-0.2, 0) is 24.0 Å². The van der Waals surface area contributed by atoms with Gasteiger partial charge in [-0.05, 0) is 20.3 Å². The number of hydrogen-bond acceptors (Lipinski definition) is 5. The van der Waals surface area contributed by atoms with Crippen LogP contribution in [0.4, 0.5) is 0 Å². The van der Waals surface area contributed by atoms with Gasteiger partial charge in [-0.1, -0.05) is 13.3 Å². The number of carbonyl (C=O) groups excluding carboxylic acids is 1. The van der Waals surface area contributed by atoms with E-state index in [1.165, 1.54) is 0 Å². The lowest BCUT2D eigenvalue weighted by molar-refractivity contribution is -0.152. The third-order valence-electron chi connectivity index (χ3n) is 1.82. The average Bonchev–Trinajstić information content (AvgIpc) is 2.40. The van der Waals surface area contributed by atoms with E-state index < -0.39 is 22.4 Å². The lowest BCUT2D eigenvalue weighted by Crippen LogP contribution is -2.32. The highest BCUT2D eigenvalue weighted by Gasteiger charge is 2.38. The van der Waals surface area contributed by atoms with Crippen LogP contribution < -0.4 is 0 Å². The molecule has 1 unspecified atom stereocenters. The second kappa shape index (κ2) is 4.92. The zero-order chi connectivity index (χ0) is 12.3. The number of esters is 1. The number of rotatable bonds is 4. The maximum absolute atomic E-state index is 11.5. The summed E-state index contributed by atoms with van der Waals surface area (Å²) in [7, 11) is -3.96. The molecule has 0 amide bonds. The molecule has 0 aromatic rings. The van der Waals surface area contributed by atoms with Crippen LogP contribution in [0.15, 0.2) is 4.40 Å². The summed E-state index contributed by atoms with van der Waals surface area (Å²) in [6.07, 6.45) is -0.435. The predicted molar refractivity (Wildman–Crippen MR) is 57.4 cm³/mol. The van der Waals surface area contributed by atoms with Crippen LogP contribution in [0, 0.1) is 0 Å². The number of ether oxygens (including phenoxy) is 1. The molecule has 0 fully saturated rings. The molecule has 0 bridgehead atoms. The summed E-state index contributed by atoms with van der Waals surface area (Å²) in [5.74, 6) is -0.705. The first-order chi connectivity index (χ1) is 7.35. The molecule has 1 atom stereocenters. The third kappa shape index (κ3) is 3.28. The molecule has 92 valence electrons. The molecule has 1 heterocycles. The minimum absolute atomic E-state index is 0.216. The fourth-order valence-electron chi connectivity index (χ4n) is 1.29. The van der Waals surface area contributed by atoms with Gasteiger partial charge in [0.2, 0.25) is 6.10 Å². The van der Waals surface area contributed by atoms with Gasteiger partial charge in [0.15, 0.2) is 0 Å². The topological polar surface area (TPSA) is 82.0 Å². The van der Waals surface area contributed by atoms with Crippen molar-refractivity contribution >= 4 is 22.0 Å². The molecule has 0 N–H and O–H groups in total. The Kier molecular flexibility index (Phi) is 4.03. The Morgan fingerprint density at radius 2 is 2.19 bits per heavy atom. The highest BCUT2D eigenvalue weighted by atomic mass is 32.2. The van der Waals surface area contributed by atoms with E-state index in [0.717, 1.165) is 0 Å². The van der Waals surface area contributed by atoms with Crippen LogP contribution >= 0.6 is 0 Å². The van der Waals surface area contributed by atoms with Gasteiger partial charge in [0.05, 0.1) is 11.8 Å². The predicted octanol–water partition coefficient (Wildman–Crippen LogP) is 0.823. The third-order valence-corrected chi connectivity index (χ3v) is 2.72. The highest BCUT2D eigenvalue weighted by molar-refractivity contribution is 7.85. The minimum Gasteiger partial charge on any atom is -0.461 e. The number of nitrogens with zero attached hydrogens (tertiary/aromatic N) is 1. The Balaban J connectivity index is 2.82. The van der Waals surface area contributed by atoms with Crippen molar-refractivity contribution in [1.82, 2.24) is 0 Å². The Morgan fingerprint density at radius 1 is 1.56 bits per heavy atom. The SMILES string of the molecule is CCCC1=NS(=O)(=O)OC1C(=O)OC(C)C. The maximum atomic E-state index is 11.5. The molecule has 0 aliphatic carbocycles. The van der Waals surface area contributed by atoms with Crippen molar-refractivity contribution in [2.45, 2.75) is 45.8 Å². The van der Waals surface area contributed by atoms with Crippen molar-refractivity contribution in [2.24, 2.45) is 4.40 Å². The van der Waals surface area contributed by atoms with E-state index in [1.807, 2.05) is 6.92 Å². The van der Waals surface area contributed by atoms with Crippen molar-refractivity contribution in [3.05, 3.63) is 0 Å². The van der Waals surface area contributed by atoms with Crippen molar-refractivity contribution < 1.29 is 22.1 Å². The fourth-order valence-corrected chi connectivity index (χ4v) is 2.24. The van der Waals surface area contributed by atoms with Crippen molar-refractivity contribution in [3.8, 4) is 0 Å². The van der Waals surface area contributed by atoms with E-state index in [-0.39, 0.29) is 11.8 Å². The smallest absolute Gasteiger partial charge is 0.382 e. The Hall–Kier alpha value is -0.950. The summed E-state index contributed by atoms with van der Waals surface area (Å²) >= 11 is 0. The molecule has 0 saturated carbocycles. The Labute approximate surface area is 94.9 Å². The molecular formula is C9H15NO5S. The van der Waals surface area contributed by atoms with E-state index in [0.29, 0.717) is 12.8 Å². The van der Waals surface area contributed by atoms with Gasteiger partial charge in [-0.25, -0.2) is 8.98 Å². The quantitative estimate of drug-likeness (QED) is 0.689. The standard InChI is InChI=1S/C9H15NO5S/c1-4-5-7-8(9(11)14-6(2)3)15-16(12,13)10-7/h6,8H,4-5H2,1-3H3. The lowest BCUT2D eigenvalue weighted by atomic mass is 10.1. The Morgan fingerprint density at radius 3 is 2.69 bits per heavy atom. The summed E-state index contributed by atoms with van der Waals surface area (Å²) in [4.78, 5) is 11.5. The molecule has 1 aliphatic heterocycles. The van der Waals surface area contributed by atoms with Gasteiger partial charge in [-0.3, -0.25) is 0 Å². The summed E-state index contributed by atoms with van der Waals surface area (Å²) < 4.78 is 35.0. The molecule has 16 heavy (non-hydrogen) atoms. The normalized spacial score (nSPS) is 23.2. The second-order valence-corrected chi connectivity index (χ2v) is 4.95. The van der Waals surface area contributed by atoms with Crippen LogP contribution in [0.3, 0.4) is 0 Å². The van der Waals surface area contributed by atoms with Gasteiger partial charge in [0, 0.05) is 0 Å².